The van der Waals surface area contributed by atoms with Crippen LogP contribution in [0.2, 0.25) is 0 Å². The third-order valence-electron chi connectivity index (χ3n) is 3.36. The minimum Gasteiger partial charge on any atom is -0.359 e. The van der Waals surface area contributed by atoms with E-state index in [0.29, 0.717) is 6.54 Å². The fourth-order valence-electron chi connectivity index (χ4n) is 2.53. The van der Waals surface area contributed by atoms with Crippen molar-refractivity contribution in [3.63, 3.8) is 0 Å². The van der Waals surface area contributed by atoms with Crippen molar-refractivity contribution in [3.05, 3.63) is 35.4 Å². The molecule has 3 rings (SSSR count). The van der Waals surface area contributed by atoms with E-state index in [1.165, 1.54) is 11.1 Å². The largest absolute Gasteiger partial charge is 0.359 e. The first-order valence-electron chi connectivity index (χ1n) is 5.29. The monoisotopic (exact) mass is 203 g/mol. The number of benzene rings is 1. The molecule has 78 valence electrons. The van der Waals surface area contributed by atoms with Crippen molar-refractivity contribution >= 4 is 5.91 Å². The summed E-state index contributed by atoms with van der Waals surface area (Å²) in [7, 11) is 0. The van der Waals surface area contributed by atoms with E-state index in [0.717, 1.165) is 12.8 Å². The molecular formula is C12H13NO2. The van der Waals surface area contributed by atoms with Gasteiger partial charge in [0.2, 0.25) is 5.91 Å². The Balaban J connectivity index is 1.98. The SMILES string of the molecule is O=C1COC2(CCc3ccccc32)CN1. The normalized spacial score (nSPS) is 28.9. The lowest BCUT2D eigenvalue weighted by Gasteiger charge is -2.34. The van der Waals surface area contributed by atoms with Crippen LogP contribution in [0.3, 0.4) is 0 Å². The molecule has 1 heterocycles. The van der Waals surface area contributed by atoms with Crippen LogP contribution >= 0.6 is 0 Å². The molecule has 1 spiro atoms. The number of nitrogens with one attached hydrogen (secondary N) is 1. The molecule has 1 N–H and O–H groups in total. The van der Waals surface area contributed by atoms with E-state index in [1.54, 1.807) is 0 Å². The molecule has 0 radical (unpaired) electrons. The zero-order valence-corrected chi connectivity index (χ0v) is 8.45. The van der Waals surface area contributed by atoms with E-state index in [-0.39, 0.29) is 18.1 Å². The number of ether oxygens (including phenoxy) is 1. The molecule has 3 heteroatoms. The van der Waals surface area contributed by atoms with Crippen LogP contribution in [0.1, 0.15) is 17.5 Å². The Hall–Kier alpha value is -1.35. The van der Waals surface area contributed by atoms with Gasteiger partial charge in [0, 0.05) is 0 Å². The number of rotatable bonds is 0. The lowest BCUT2D eigenvalue weighted by molar-refractivity contribution is -0.144. The van der Waals surface area contributed by atoms with Gasteiger partial charge in [0.15, 0.2) is 0 Å². The fraction of sp³-hybridized carbons (Fsp3) is 0.417. The average Bonchev–Trinajstić information content (AvgIpc) is 2.63. The Morgan fingerprint density at radius 1 is 1.33 bits per heavy atom. The van der Waals surface area contributed by atoms with E-state index in [1.807, 2.05) is 6.07 Å². The van der Waals surface area contributed by atoms with Crippen LogP contribution in [0.25, 0.3) is 0 Å². The second kappa shape index (κ2) is 3.07. The molecular weight excluding hydrogens is 190 g/mol. The standard InChI is InChI=1S/C12H13NO2/c14-11-7-15-12(8-13-11)6-5-9-3-1-2-4-10(9)12/h1-4H,5-8H2,(H,13,14). The van der Waals surface area contributed by atoms with Crippen molar-refractivity contribution < 1.29 is 9.53 Å². The average molecular weight is 203 g/mol. The van der Waals surface area contributed by atoms with Gasteiger partial charge in [0.25, 0.3) is 0 Å². The predicted molar refractivity (Wildman–Crippen MR) is 55.4 cm³/mol. The van der Waals surface area contributed by atoms with Crippen LogP contribution in [-0.2, 0) is 21.6 Å². The summed E-state index contributed by atoms with van der Waals surface area (Å²) in [6.07, 6.45) is 2.03. The minimum atomic E-state index is -0.246. The first kappa shape index (κ1) is 8.92. The van der Waals surface area contributed by atoms with Gasteiger partial charge in [-0.15, -0.1) is 0 Å². The van der Waals surface area contributed by atoms with Crippen molar-refractivity contribution in [2.24, 2.45) is 0 Å². The third kappa shape index (κ3) is 1.27. The van der Waals surface area contributed by atoms with E-state index in [4.69, 9.17) is 4.74 Å². The number of hydrogen-bond donors (Lipinski definition) is 1. The van der Waals surface area contributed by atoms with Crippen LogP contribution in [0.4, 0.5) is 0 Å². The van der Waals surface area contributed by atoms with E-state index >= 15 is 0 Å². The first-order chi connectivity index (χ1) is 7.30. The van der Waals surface area contributed by atoms with Crippen LogP contribution in [0.15, 0.2) is 24.3 Å². The molecule has 0 saturated carbocycles. The van der Waals surface area contributed by atoms with E-state index in [2.05, 4.69) is 23.5 Å². The minimum absolute atomic E-state index is 0.00925. The van der Waals surface area contributed by atoms with Gasteiger partial charge in [-0.3, -0.25) is 4.79 Å². The molecule has 1 unspecified atom stereocenters. The Kier molecular flexibility index (Phi) is 1.83. The molecule has 1 atom stereocenters. The quantitative estimate of drug-likeness (QED) is 0.682. The molecule has 1 aliphatic heterocycles. The van der Waals surface area contributed by atoms with Gasteiger partial charge >= 0.3 is 0 Å². The number of morpholine rings is 1. The lowest BCUT2D eigenvalue weighted by atomic mass is 9.94. The summed E-state index contributed by atoms with van der Waals surface area (Å²) < 4.78 is 5.75. The van der Waals surface area contributed by atoms with Crippen LogP contribution < -0.4 is 5.32 Å². The highest BCUT2D eigenvalue weighted by Crippen LogP contribution is 2.40. The molecule has 1 fully saturated rings. The summed E-state index contributed by atoms with van der Waals surface area (Å²) in [6.45, 7) is 0.803. The molecule has 1 aliphatic carbocycles. The van der Waals surface area contributed by atoms with Crippen molar-refractivity contribution in [2.45, 2.75) is 18.4 Å². The van der Waals surface area contributed by atoms with Gasteiger partial charge < -0.3 is 10.1 Å². The number of hydrogen-bond acceptors (Lipinski definition) is 2. The molecule has 1 aromatic carbocycles. The molecule has 1 amide bonds. The van der Waals surface area contributed by atoms with Crippen molar-refractivity contribution in [3.8, 4) is 0 Å². The molecule has 15 heavy (non-hydrogen) atoms. The van der Waals surface area contributed by atoms with Gasteiger partial charge in [-0.05, 0) is 24.0 Å². The van der Waals surface area contributed by atoms with Crippen LogP contribution in [0.5, 0.6) is 0 Å². The number of aryl methyl sites for hydroxylation is 1. The Morgan fingerprint density at radius 2 is 2.20 bits per heavy atom. The summed E-state index contributed by atoms with van der Waals surface area (Å²) in [5, 5.41) is 2.89. The second-order valence-corrected chi connectivity index (χ2v) is 4.22. The molecule has 1 aromatic rings. The number of amides is 1. The van der Waals surface area contributed by atoms with Crippen molar-refractivity contribution in [1.82, 2.24) is 5.32 Å². The Bertz CT molecular complexity index is 404. The van der Waals surface area contributed by atoms with Crippen LogP contribution in [-0.4, -0.2) is 19.1 Å². The highest BCUT2D eigenvalue weighted by molar-refractivity contribution is 5.78. The van der Waals surface area contributed by atoms with Gasteiger partial charge in [-0.2, -0.15) is 0 Å². The van der Waals surface area contributed by atoms with E-state index < -0.39 is 0 Å². The first-order valence-corrected chi connectivity index (χ1v) is 5.29. The molecule has 3 nitrogen and oxygen atoms in total. The van der Waals surface area contributed by atoms with Crippen LogP contribution in [0, 0.1) is 0 Å². The topological polar surface area (TPSA) is 38.3 Å². The van der Waals surface area contributed by atoms with E-state index in [9.17, 15) is 4.79 Å². The Morgan fingerprint density at radius 3 is 3.00 bits per heavy atom. The predicted octanol–water partition coefficient (Wildman–Crippen LogP) is 0.975. The maximum absolute atomic E-state index is 11.1. The zero-order chi connectivity index (χ0) is 10.3. The lowest BCUT2D eigenvalue weighted by Crippen LogP contribution is -2.49. The highest BCUT2D eigenvalue weighted by Gasteiger charge is 2.42. The third-order valence-corrected chi connectivity index (χ3v) is 3.36. The summed E-state index contributed by atoms with van der Waals surface area (Å²) >= 11 is 0. The van der Waals surface area contributed by atoms with Crippen molar-refractivity contribution in [2.75, 3.05) is 13.2 Å². The number of fused-ring (bicyclic) bond motifs is 2. The summed E-state index contributed by atoms with van der Waals surface area (Å²) in [6, 6.07) is 8.34. The molecule has 1 saturated heterocycles. The molecule has 2 aliphatic rings. The maximum Gasteiger partial charge on any atom is 0.246 e. The molecule has 0 aromatic heterocycles. The van der Waals surface area contributed by atoms with Crippen molar-refractivity contribution in [1.29, 1.82) is 0 Å². The maximum atomic E-state index is 11.1. The van der Waals surface area contributed by atoms with Gasteiger partial charge in [0.1, 0.15) is 12.2 Å². The Labute approximate surface area is 88.4 Å². The molecule has 0 bridgehead atoms. The van der Waals surface area contributed by atoms with Gasteiger partial charge in [-0.25, -0.2) is 0 Å². The summed E-state index contributed by atoms with van der Waals surface area (Å²) in [5.74, 6) is -0.00925. The zero-order valence-electron chi connectivity index (χ0n) is 8.45. The second-order valence-electron chi connectivity index (χ2n) is 4.22. The number of carbonyl (C=O) groups is 1. The van der Waals surface area contributed by atoms with Gasteiger partial charge in [-0.1, -0.05) is 24.3 Å². The fourth-order valence-corrected chi connectivity index (χ4v) is 2.53. The smallest absolute Gasteiger partial charge is 0.246 e. The number of carbonyl (C=O) groups excluding carboxylic acids is 1. The van der Waals surface area contributed by atoms with Gasteiger partial charge in [0.05, 0.1) is 6.54 Å². The summed E-state index contributed by atoms with van der Waals surface area (Å²) in [5.41, 5.74) is 2.36. The highest BCUT2D eigenvalue weighted by atomic mass is 16.5. The summed E-state index contributed by atoms with van der Waals surface area (Å²) in [4.78, 5) is 11.1.